The highest BCUT2D eigenvalue weighted by atomic mass is 32.2. The zero-order valence-corrected chi connectivity index (χ0v) is 16.4. The van der Waals surface area contributed by atoms with E-state index < -0.39 is 10.0 Å². The quantitative estimate of drug-likeness (QED) is 0.607. The van der Waals surface area contributed by atoms with E-state index in [-0.39, 0.29) is 0 Å². The molecule has 0 saturated carbocycles. The van der Waals surface area contributed by atoms with Gasteiger partial charge in [-0.25, -0.2) is 12.7 Å². The van der Waals surface area contributed by atoms with Crippen LogP contribution < -0.4 is 5.32 Å². The van der Waals surface area contributed by atoms with E-state index in [9.17, 15) is 8.42 Å². The number of rotatable bonds is 6. The molecule has 8 heteroatoms. The summed E-state index contributed by atoms with van der Waals surface area (Å²) in [6, 6.07) is 4.24. The molecule has 136 valence electrons. The molecule has 2 heterocycles. The van der Waals surface area contributed by atoms with Gasteiger partial charge in [-0.1, -0.05) is 6.07 Å². The molecule has 1 aromatic rings. The molecule has 6 nitrogen and oxygen atoms in total. The number of guanidine groups is 1. The van der Waals surface area contributed by atoms with Crippen molar-refractivity contribution in [2.45, 2.75) is 19.3 Å². The number of nitrogens with one attached hydrogen (secondary N) is 1. The smallest absolute Gasteiger partial charge is 0.211 e. The zero-order valence-electron chi connectivity index (χ0n) is 14.7. The summed E-state index contributed by atoms with van der Waals surface area (Å²) in [5, 5.41) is 5.54. The normalized spacial score (nSPS) is 17.9. The van der Waals surface area contributed by atoms with E-state index in [0.717, 1.165) is 38.3 Å². The number of thiophene rings is 1. The summed E-state index contributed by atoms with van der Waals surface area (Å²) in [6.07, 6.45) is 4.10. The third-order valence-electron chi connectivity index (χ3n) is 4.44. The van der Waals surface area contributed by atoms with Crippen LogP contribution in [0.25, 0.3) is 0 Å². The maximum absolute atomic E-state index is 11.5. The molecular weight excluding hydrogens is 344 g/mol. The van der Waals surface area contributed by atoms with Crippen LogP contribution in [0.3, 0.4) is 0 Å². The average Bonchev–Trinajstić information content (AvgIpc) is 3.06. The van der Waals surface area contributed by atoms with Crippen molar-refractivity contribution in [3.63, 3.8) is 0 Å². The van der Waals surface area contributed by atoms with E-state index >= 15 is 0 Å². The molecule has 1 N–H and O–H groups in total. The number of likely N-dealkylation sites (N-methyl/N-ethyl adjacent to an activating group) is 1. The van der Waals surface area contributed by atoms with Gasteiger partial charge in [0.25, 0.3) is 0 Å². The summed E-state index contributed by atoms with van der Waals surface area (Å²) in [5.74, 6) is 1.39. The highest BCUT2D eigenvalue weighted by Gasteiger charge is 2.25. The van der Waals surface area contributed by atoms with Crippen LogP contribution in [0, 0.1) is 5.92 Å². The number of hydrogen-bond acceptors (Lipinski definition) is 4. The Balaban J connectivity index is 1.73. The van der Waals surface area contributed by atoms with E-state index in [0.29, 0.717) is 19.0 Å². The monoisotopic (exact) mass is 372 g/mol. The molecule has 1 fully saturated rings. The van der Waals surface area contributed by atoms with Gasteiger partial charge in [0, 0.05) is 45.2 Å². The molecule has 0 spiro atoms. The second-order valence-electron chi connectivity index (χ2n) is 6.28. The minimum Gasteiger partial charge on any atom is -0.356 e. The van der Waals surface area contributed by atoms with E-state index in [2.05, 4.69) is 39.8 Å². The van der Waals surface area contributed by atoms with Gasteiger partial charge in [-0.15, -0.1) is 11.3 Å². The average molecular weight is 373 g/mol. The van der Waals surface area contributed by atoms with Gasteiger partial charge < -0.3 is 10.2 Å². The first-order valence-electron chi connectivity index (χ1n) is 8.29. The first-order chi connectivity index (χ1) is 11.4. The third-order valence-corrected chi connectivity index (χ3v) is 6.68. The van der Waals surface area contributed by atoms with E-state index in [4.69, 9.17) is 0 Å². The molecule has 1 aliphatic heterocycles. The van der Waals surface area contributed by atoms with E-state index in [1.165, 1.54) is 11.1 Å². The van der Waals surface area contributed by atoms with Crippen molar-refractivity contribution in [2.75, 3.05) is 46.5 Å². The lowest BCUT2D eigenvalue weighted by Gasteiger charge is -2.31. The number of sulfonamides is 1. The lowest BCUT2D eigenvalue weighted by Crippen LogP contribution is -2.44. The lowest BCUT2D eigenvalue weighted by molar-refractivity contribution is 0.273. The molecule has 0 aromatic carbocycles. The molecule has 0 aliphatic carbocycles. The Morgan fingerprint density at radius 1 is 1.46 bits per heavy atom. The van der Waals surface area contributed by atoms with Crippen LogP contribution in [0.5, 0.6) is 0 Å². The maximum Gasteiger partial charge on any atom is 0.211 e. The van der Waals surface area contributed by atoms with Gasteiger partial charge in [0.15, 0.2) is 5.96 Å². The SMILES string of the molecule is CN=C(NCC1CCN(S(C)(=O)=O)CC1)N(C)CCc1cccs1. The van der Waals surface area contributed by atoms with Gasteiger partial charge in [0.05, 0.1) is 6.26 Å². The number of hydrogen-bond donors (Lipinski definition) is 1. The molecule has 0 radical (unpaired) electrons. The Bertz CT molecular complexity index is 621. The minimum atomic E-state index is -3.05. The standard InChI is InChI=1S/C16H28N4O2S2/c1-17-16(19(2)9-8-15-5-4-12-23-15)18-13-14-6-10-20(11-7-14)24(3,21)22/h4-5,12,14H,6-11,13H2,1-3H3,(H,17,18). The van der Waals surface area contributed by atoms with Crippen molar-refractivity contribution in [1.29, 1.82) is 0 Å². The summed E-state index contributed by atoms with van der Waals surface area (Å²) in [5.41, 5.74) is 0. The highest BCUT2D eigenvalue weighted by molar-refractivity contribution is 7.88. The summed E-state index contributed by atoms with van der Waals surface area (Å²) >= 11 is 1.78. The first-order valence-corrected chi connectivity index (χ1v) is 11.0. The van der Waals surface area contributed by atoms with Gasteiger partial charge in [0.1, 0.15) is 0 Å². The number of nitrogens with zero attached hydrogens (tertiary/aromatic N) is 3. The molecule has 0 atom stereocenters. The highest BCUT2D eigenvalue weighted by Crippen LogP contribution is 2.18. The van der Waals surface area contributed by atoms with Crippen LogP contribution in [0.2, 0.25) is 0 Å². The summed E-state index contributed by atoms with van der Waals surface area (Å²) in [4.78, 5) is 7.88. The summed E-state index contributed by atoms with van der Waals surface area (Å²) in [7, 11) is 0.807. The maximum atomic E-state index is 11.5. The lowest BCUT2D eigenvalue weighted by atomic mass is 9.98. The van der Waals surface area contributed by atoms with Crippen molar-refractivity contribution in [3.8, 4) is 0 Å². The van der Waals surface area contributed by atoms with Crippen LogP contribution in [0.4, 0.5) is 0 Å². The van der Waals surface area contributed by atoms with Crippen molar-refractivity contribution in [3.05, 3.63) is 22.4 Å². The second-order valence-corrected chi connectivity index (χ2v) is 9.30. The number of aliphatic imine (C=N–C) groups is 1. The van der Waals surface area contributed by atoms with Gasteiger partial charge >= 0.3 is 0 Å². The molecular formula is C16H28N4O2S2. The van der Waals surface area contributed by atoms with Crippen LogP contribution >= 0.6 is 11.3 Å². The third kappa shape index (κ3) is 5.75. The van der Waals surface area contributed by atoms with Crippen molar-refractivity contribution < 1.29 is 8.42 Å². The molecule has 1 saturated heterocycles. The zero-order chi connectivity index (χ0) is 17.6. The summed E-state index contributed by atoms with van der Waals surface area (Å²) in [6.45, 7) is 3.01. The molecule has 1 aliphatic rings. The van der Waals surface area contributed by atoms with Crippen LogP contribution in [0.15, 0.2) is 22.5 Å². The van der Waals surface area contributed by atoms with Gasteiger partial charge in [0.2, 0.25) is 10.0 Å². The largest absolute Gasteiger partial charge is 0.356 e. The number of piperidine rings is 1. The topological polar surface area (TPSA) is 65.0 Å². The molecule has 1 aromatic heterocycles. The molecule has 0 amide bonds. The van der Waals surface area contributed by atoms with Crippen LogP contribution in [-0.2, 0) is 16.4 Å². The van der Waals surface area contributed by atoms with Crippen LogP contribution in [0.1, 0.15) is 17.7 Å². The van der Waals surface area contributed by atoms with Gasteiger partial charge in [-0.3, -0.25) is 4.99 Å². The fourth-order valence-electron chi connectivity index (χ4n) is 2.90. The Morgan fingerprint density at radius 2 is 2.17 bits per heavy atom. The van der Waals surface area contributed by atoms with Crippen molar-refractivity contribution >= 4 is 27.3 Å². The Morgan fingerprint density at radius 3 is 2.71 bits per heavy atom. The predicted molar refractivity (Wildman–Crippen MR) is 101 cm³/mol. The Kier molecular flexibility index (Phi) is 7.06. The molecule has 0 unspecified atom stereocenters. The predicted octanol–water partition coefficient (Wildman–Crippen LogP) is 1.47. The molecule has 2 rings (SSSR count). The van der Waals surface area contributed by atoms with Crippen molar-refractivity contribution in [2.24, 2.45) is 10.9 Å². The van der Waals surface area contributed by atoms with Gasteiger partial charge in [-0.2, -0.15) is 0 Å². The fraction of sp³-hybridized carbons (Fsp3) is 0.688. The van der Waals surface area contributed by atoms with E-state index in [1.54, 1.807) is 22.7 Å². The second kappa shape index (κ2) is 8.82. The first kappa shape index (κ1) is 19.2. The molecule has 0 bridgehead atoms. The molecule has 24 heavy (non-hydrogen) atoms. The Labute approximate surface area is 149 Å². The Hall–Kier alpha value is -1.12. The van der Waals surface area contributed by atoms with Gasteiger partial charge in [-0.05, 0) is 36.6 Å². The van der Waals surface area contributed by atoms with E-state index in [1.807, 2.05) is 0 Å². The fourth-order valence-corrected chi connectivity index (χ4v) is 4.48. The van der Waals surface area contributed by atoms with Crippen molar-refractivity contribution in [1.82, 2.24) is 14.5 Å². The summed E-state index contributed by atoms with van der Waals surface area (Å²) < 4.78 is 24.7. The van der Waals surface area contributed by atoms with Crippen LogP contribution in [-0.4, -0.2) is 70.1 Å². The minimum absolute atomic E-state index is 0.491.